The van der Waals surface area contributed by atoms with Crippen LogP contribution in [0.4, 0.5) is 4.39 Å². The zero-order valence-corrected chi connectivity index (χ0v) is 11.7. The average Bonchev–Trinajstić information content (AvgIpc) is 2.87. The second kappa shape index (κ2) is 6.38. The molecule has 0 spiro atoms. The highest BCUT2D eigenvalue weighted by molar-refractivity contribution is 9.10. The first-order valence-electron chi connectivity index (χ1n) is 5.53. The summed E-state index contributed by atoms with van der Waals surface area (Å²) in [6.45, 7) is 0.314. The Balaban J connectivity index is 1.81. The van der Waals surface area contributed by atoms with E-state index in [1.54, 1.807) is 6.07 Å². The van der Waals surface area contributed by atoms with Gasteiger partial charge in [0.15, 0.2) is 0 Å². The Kier molecular flexibility index (Phi) is 4.57. The van der Waals surface area contributed by atoms with Gasteiger partial charge in [0.2, 0.25) is 5.76 Å². The number of ether oxygens (including phenoxy) is 2. The van der Waals surface area contributed by atoms with E-state index in [-0.39, 0.29) is 24.9 Å². The molecular weight excluding hydrogens is 335 g/mol. The van der Waals surface area contributed by atoms with Gasteiger partial charge in [-0.3, -0.25) is 4.79 Å². The van der Waals surface area contributed by atoms with Crippen LogP contribution in [0.15, 0.2) is 33.3 Å². The monoisotopic (exact) mass is 344 g/mol. The Morgan fingerprint density at radius 2 is 2.10 bits per heavy atom. The molecule has 0 radical (unpaired) electrons. The molecule has 0 aliphatic rings. The second-order valence-electron chi connectivity index (χ2n) is 3.67. The van der Waals surface area contributed by atoms with Crippen LogP contribution in [-0.2, 0) is 0 Å². The van der Waals surface area contributed by atoms with Gasteiger partial charge in [0.25, 0.3) is 11.8 Å². The lowest BCUT2D eigenvalue weighted by Crippen LogP contribution is -2.10. The summed E-state index contributed by atoms with van der Waals surface area (Å²) in [6.07, 6.45) is 0. The largest absolute Gasteiger partial charge is 0.489 e. The summed E-state index contributed by atoms with van der Waals surface area (Å²) >= 11 is 3.24. The number of nitrogens with two attached hydrogens (primary N) is 1. The molecule has 0 aliphatic heterocycles. The van der Waals surface area contributed by atoms with E-state index in [4.69, 9.17) is 15.2 Å². The van der Waals surface area contributed by atoms with Crippen LogP contribution in [0.2, 0.25) is 0 Å². The maximum absolute atomic E-state index is 13.0. The number of halogens is 2. The van der Waals surface area contributed by atoms with Gasteiger partial charge in [0.05, 0.1) is 10.5 Å². The topological polar surface area (TPSA) is 87.6 Å². The number of hydrogen-bond donors (Lipinski definition) is 1. The predicted molar refractivity (Wildman–Crippen MR) is 70.1 cm³/mol. The van der Waals surface area contributed by atoms with Crippen molar-refractivity contribution in [3.63, 3.8) is 0 Å². The normalized spacial score (nSPS) is 10.3. The highest BCUT2D eigenvalue weighted by Gasteiger charge is 2.10. The summed E-state index contributed by atoms with van der Waals surface area (Å²) < 4.78 is 28.8. The fraction of sp³-hybridized carbons (Fsp3) is 0.167. The molecule has 0 bridgehead atoms. The first-order chi connectivity index (χ1) is 9.56. The van der Waals surface area contributed by atoms with Gasteiger partial charge in [-0.05, 0) is 33.2 Å². The molecule has 1 amide bonds. The molecule has 0 atom stereocenters. The smallest absolute Gasteiger partial charge is 0.287 e. The van der Waals surface area contributed by atoms with Gasteiger partial charge in [-0.25, -0.2) is 4.39 Å². The van der Waals surface area contributed by atoms with Gasteiger partial charge in [-0.1, -0.05) is 0 Å². The van der Waals surface area contributed by atoms with Gasteiger partial charge in [-0.2, -0.15) is 0 Å². The van der Waals surface area contributed by atoms with Crippen molar-refractivity contribution in [1.82, 2.24) is 5.16 Å². The molecule has 1 aromatic heterocycles. The molecule has 20 heavy (non-hydrogen) atoms. The predicted octanol–water partition coefficient (Wildman–Crippen LogP) is 2.13. The molecule has 106 valence electrons. The SMILES string of the molecule is NC(=O)c1cc(OCCOc2cc(F)ccc2Br)no1. The van der Waals surface area contributed by atoms with E-state index in [9.17, 15) is 9.18 Å². The van der Waals surface area contributed by atoms with Crippen molar-refractivity contribution in [2.45, 2.75) is 0 Å². The first-order valence-corrected chi connectivity index (χ1v) is 6.33. The van der Waals surface area contributed by atoms with E-state index < -0.39 is 11.7 Å². The average molecular weight is 345 g/mol. The van der Waals surface area contributed by atoms with Crippen molar-refractivity contribution in [2.24, 2.45) is 5.73 Å². The van der Waals surface area contributed by atoms with Crippen LogP contribution in [-0.4, -0.2) is 24.3 Å². The number of primary amides is 1. The van der Waals surface area contributed by atoms with Crippen LogP contribution in [0, 0.1) is 5.82 Å². The van der Waals surface area contributed by atoms with Crippen molar-refractivity contribution in [2.75, 3.05) is 13.2 Å². The molecule has 8 heteroatoms. The fourth-order valence-electron chi connectivity index (χ4n) is 1.33. The van der Waals surface area contributed by atoms with Crippen LogP contribution in [0.5, 0.6) is 11.6 Å². The number of rotatable bonds is 6. The molecule has 2 aromatic rings. The minimum atomic E-state index is -0.729. The van der Waals surface area contributed by atoms with Gasteiger partial charge in [0, 0.05) is 6.07 Å². The van der Waals surface area contributed by atoms with Crippen LogP contribution in [0.1, 0.15) is 10.6 Å². The lowest BCUT2D eigenvalue weighted by molar-refractivity contribution is 0.0964. The summed E-state index contributed by atoms with van der Waals surface area (Å²) in [6, 6.07) is 5.39. The van der Waals surface area contributed by atoms with E-state index in [1.165, 1.54) is 18.2 Å². The highest BCUT2D eigenvalue weighted by atomic mass is 79.9. The summed E-state index contributed by atoms with van der Waals surface area (Å²) in [7, 11) is 0. The molecule has 1 heterocycles. The quantitative estimate of drug-likeness (QED) is 0.811. The standard InChI is InChI=1S/C12H10BrFN2O4/c13-8-2-1-7(14)5-9(8)18-3-4-19-11-6-10(12(15)17)20-16-11/h1-2,5-6H,3-4H2,(H2,15,17). The molecular formula is C12H10BrFN2O4. The molecule has 0 unspecified atom stereocenters. The molecule has 2 N–H and O–H groups in total. The van der Waals surface area contributed by atoms with E-state index in [1.807, 2.05) is 0 Å². The zero-order chi connectivity index (χ0) is 14.5. The summed E-state index contributed by atoms with van der Waals surface area (Å²) in [5, 5.41) is 3.49. The minimum Gasteiger partial charge on any atom is -0.489 e. The number of amides is 1. The molecule has 2 rings (SSSR count). The maximum Gasteiger partial charge on any atom is 0.287 e. The van der Waals surface area contributed by atoms with E-state index in [2.05, 4.69) is 25.6 Å². The highest BCUT2D eigenvalue weighted by Crippen LogP contribution is 2.25. The van der Waals surface area contributed by atoms with E-state index >= 15 is 0 Å². The van der Waals surface area contributed by atoms with E-state index in [0.29, 0.717) is 10.2 Å². The third-order valence-corrected chi connectivity index (χ3v) is 2.87. The second-order valence-corrected chi connectivity index (χ2v) is 4.52. The number of carbonyl (C=O) groups excluding carboxylic acids is 1. The third-order valence-electron chi connectivity index (χ3n) is 2.22. The van der Waals surface area contributed by atoms with Gasteiger partial charge >= 0.3 is 0 Å². The maximum atomic E-state index is 13.0. The molecule has 0 fully saturated rings. The Morgan fingerprint density at radius 3 is 2.80 bits per heavy atom. The van der Waals surface area contributed by atoms with Crippen LogP contribution in [0.25, 0.3) is 0 Å². The van der Waals surface area contributed by atoms with Gasteiger partial charge in [-0.15, -0.1) is 0 Å². The third kappa shape index (κ3) is 3.70. The molecule has 6 nitrogen and oxygen atoms in total. The minimum absolute atomic E-state index is 0.0891. The van der Waals surface area contributed by atoms with Crippen molar-refractivity contribution in [3.8, 4) is 11.6 Å². The fourth-order valence-corrected chi connectivity index (χ4v) is 1.69. The summed E-state index contributed by atoms with van der Waals surface area (Å²) in [5.41, 5.74) is 5.00. The van der Waals surface area contributed by atoms with E-state index in [0.717, 1.165) is 0 Å². The van der Waals surface area contributed by atoms with Crippen molar-refractivity contribution in [1.29, 1.82) is 0 Å². The summed E-state index contributed by atoms with van der Waals surface area (Å²) in [5.74, 6) is -0.722. The van der Waals surface area contributed by atoms with Crippen molar-refractivity contribution >= 4 is 21.8 Å². The lowest BCUT2D eigenvalue weighted by Gasteiger charge is -2.08. The number of benzene rings is 1. The lowest BCUT2D eigenvalue weighted by atomic mass is 10.3. The zero-order valence-electron chi connectivity index (χ0n) is 10.1. The van der Waals surface area contributed by atoms with Crippen molar-refractivity contribution < 1.29 is 23.2 Å². The Bertz CT molecular complexity index is 617. The first kappa shape index (κ1) is 14.3. The Labute approximate surface area is 121 Å². The number of hydrogen-bond acceptors (Lipinski definition) is 5. The number of carbonyl (C=O) groups is 1. The number of aromatic nitrogens is 1. The molecule has 0 saturated heterocycles. The molecule has 0 aliphatic carbocycles. The van der Waals surface area contributed by atoms with Gasteiger partial charge < -0.3 is 19.7 Å². The summed E-state index contributed by atoms with van der Waals surface area (Å²) in [4.78, 5) is 10.8. The number of nitrogens with zero attached hydrogens (tertiary/aromatic N) is 1. The Morgan fingerprint density at radius 1 is 1.35 bits per heavy atom. The van der Waals surface area contributed by atoms with Gasteiger partial charge in [0.1, 0.15) is 24.8 Å². The van der Waals surface area contributed by atoms with Crippen LogP contribution >= 0.6 is 15.9 Å². The Hall–Kier alpha value is -2.09. The van der Waals surface area contributed by atoms with Crippen LogP contribution in [0.3, 0.4) is 0 Å². The molecule has 0 saturated carbocycles. The van der Waals surface area contributed by atoms with Crippen molar-refractivity contribution in [3.05, 3.63) is 40.3 Å². The van der Waals surface area contributed by atoms with Crippen LogP contribution < -0.4 is 15.2 Å². The molecule has 1 aromatic carbocycles.